The molecule has 0 radical (unpaired) electrons. The van der Waals surface area contributed by atoms with E-state index in [-0.39, 0.29) is 0 Å². The number of halogens is 4. The summed E-state index contributed by atoms with van der Waals surface area (Å²) in [5, 5.41) is 3.33. The van der Waals surface area contributed by atoms with Crippen LogP contribution in [0.25, 0.3) is 0 Å². The van der Waals surface area contributed by atoms with E-state index >= 15 is 0 Å². The minimum absolute atomic E-state index is 0.512. The number of aliphatic imine (C=N–C) groups is 1. The summed E-state index contributed by atoms with van der Waals surface area (Å²) in [6, 6.07) is -0.543. The summed E-state index contributed by atoms with van der Waals surface area (Å²) in [7, 11) is 1.64. The third kappa shape index (κ3) is 3.04. The summed E-state index contributed by atoms with van der Waals surface area (Å²) in [5.41, 5.74) is -0.735. The van der Waals surface area contributed by atoms with Gasteiger partial charge in [-0.3, -0.25) is 4.99 Å². The number of ether oxygens (including phenoxy) is 3. The molecule has 11 heteroatoms. The van der Waals surface area contributed by atoms with Crippen LogP contribution in [0.5, 0.6) is 0 Å². The molecule has 6 atom stereocenters. The zero-order valence-electron chi connectivity index (χ0n) is 12.5. The van der Waals surface area contributed by atoms with Gasteiger partial charge in [0.05, 0.1) is 0 Å². The van der Waals surface area contributed by atoms with Gasteiger partial charge < -0.3 is 19.5 Å². The maximum Gasteiger partial charge on any atom is 0.420 e. The van der Waals surface area contributed by atoms with Gasteiger partial charge in [0.1, 0.15) is 29.8 Å². The summed E-state index contributed by atoms with van der Waals surface area (Å²) in [5.74, 6) is -1.12. The van der Waals surface area contributed by atoms with Gasteiger partial charge in [-0.2, -0.15) is 18.1 Å². The molecule has 3 rings (SSSR count). The fraction of sp³-hybridized carbons (Fsp3) is 0.917. The zero-order valence-corrected chi connectivity index (χ0v) is 13.3. The molecule has 0 saturated carbocycles. The Bertz CT molecular complexity index is 504. The van der Waals surface area contributed by atoms with E-state index < -0.39 is 47.9 Å². The molecule has 3 heterocycles. The fourth-order valence-corrected chi connectivity index (χ4v) is 4.02. The monoisotopic (exact) mass is 360 g/mol. The number of nitrogens with zero attached hydrogens (tertiary/aromatic N) is 1. The lowest BCUT2D eigenvalue weighted by molar-refractivity contribution is -0.337. The molecule has 0 aromatic heterocycles. The van der Waals surface area contributed by atoms with Crippen LogP contribution >= 0.6 is 11.8 Å². The molecular formula is C12H16F4N2O4S. The summed E-state index contributed by atoms with van der Waals surface area (Å²) in [6.45, 7) is 3.14. The summed E-state index contributed by atoms with van der Waals surface area (Å²) >= 11 is 1.12. The average molecular weight is 360 g/mol. The van der Waals surface area contributed by atoms with Crippen LogP contribution in [0.3, 0.4) is 0 Å². The summed E-state index contributed by atoms with van der Waals surface area (Å²) in [4.78, 5) is 7.53. The van der Waals surface area contributed by atoms with Crippen molar-refractivity contribution >= 4 is 16.9 Å². The number of amidine groups is 1. The molecule has 2 fully saturated rings. The van der Waals surface area contributed by atoms with E-state index in [0.29, 0.717) is 5.17 Å². The first-order chi connectivity index (χ1) is 10.7. The molecule has 3 aliphatic heterocycles. The van der Waals surface area contributed by atoms with Gasteiger partial charge in [-0.15, -0.1) is 0 Å². The molecule has 0 aliphatic carbocycles. The second-order valence-electron chi connectivity index (χ2n) is 5.88. The number of thioether (sulfide) groups is 1. The van der Waals surface area contributed by atoms with Crippen molar-refractivity contribution in [3.8, 4) is 0 Å². The Labute approximate surface area is 133 Å². The highest BCUT2D eigenvalue weighted by molar-refractivity contribution is 8.14. The Hall–Kier alpha value is -0.620. The number of fused-ring (bicyclic) bond motifs is 3. The predicted octanol–water partition coefficient (Wildman–Crippen LogP) is 1.75. The highest BCUT2D eigenvalue weighted by atomic mass is 32.2. The van der Waals surface area contributed by atoms with Crippen LogP contribution in [0.1, 0.15) is 13.8 Å². The number of hydrogen-bond acceptors (Lipinski definition) is 7. The van der Waals surface area contributed by atoms with Crippen LogP contribution in [0.2, 0.25) is 0 Å². The van der Waals surface area contributed by atoms with Gasteiger partial charge in [0, 0.05) is 7.05 Å². The van der Waals surface area contributed by atoms with Gasteiger partial charge in [-0.05, 0) is 18.4 Å². The molecule has 23 heavy (non-hydrogen) atoms. The van der Waals surface area contributed by atoms with Gasteiger partial charge in [0.25, 0.3) is 0 Å². The Morgan fingerprint density at radius 2 is 1.96 bits per heavy atom. The van der Waals surface area contributed by atoms with E-state index in [1.165, 1.54) is 0 Å². The van der Waals surface area contributed by atoms with Crippen LogP contribution in [-0.4, -0.2) is 60.1 Å². The maximum atomic E-state index is 13.1. The standard InChI is InChI=1S/C12H16F4N2O4S/c1-11(2)20-5-4-9(23-10(17-3)18-4)19-7(6(5)21-11)8(22-16)12(13,14)15/h4-9H,1-3H3,(H,17,18)/t4-,5-,6+,7+,8-,9-/m1/s1. The van der Waals surface area contributed by atoms with Crippen molar-refractivity contribution in [2.75, 3.05) is 7.05 Å². The number of rotatable bonds is 2. The molecule has 0 aromatic rings. The Kier molecular flexibility index (Phi) is 4.28. The minimum atomic E-state index is -4.94. The Balaban J connectivity index is 1.92. The summed E-state index contributed by atoms with van der Waals surface area (Å²) < 4.78 is 68.5. The predicted molar refractivity (Wildman–Crippen MR) is 72.4 cm³/mol. The lowest BCUT2D eigenvalue weighted by Gasteiger charge is -2.40. The largest absolute Gasteiger partial charge is 0.420 e. The second-order valence-corrected chi connectivity index (χ2v) is 6.96. The van der Waals surface area contributed by atoms with Gasteiger partial charge in [-0.25, -0.2) is 0 Å². The van der Waals surface area contributed by atoms with Gasteiger partial charge in [0.15, 0.2) is 11.0 Å². The van der Waals surface area contributed by atoms with E-state index in [4.69, 9.17) is 14.2 Å². The maximum absolute atomic E-state index is 13.1. The molecular weight excluding hydrogens is 344 g/mol. The first kappa shape index (κ1) is 17.2. The quantitative estimate of drug-likeness (QED) is 0.758. The number of alkyl halides is 3. The van der Waals surface area contributed by atoms with Gasteiger partial charge >= 0.3 is 6.18 Å². The van der Waals surface area contributed by atoms with Crippen LogP contribution in [0.15, 0.2) is 4.99 Å². The normalized spacial score (nSPS) is 40.3. The second kappa shape index (κ2) is 5.73. The van der Waals surface area contributed by atoms with Crippen molar-refractivity contribution in [2.24, 2.45) is 4.99 Å². The molecule has 0 bridgehead atoms. The first-order valence-corrected chi connectivity index (χ1v) is 7.81. The van der Waals surface area contributed by atoms with Crippen LogP contribution in [0.4, 0.5) is 17.7 Å². The SMILES string of the molecule is CNC1=N[C@@H]2[C@H]3OC(C)(C)O[C@@H]3[C@@H]([C@@H](OF)C(F)(F)F)O[C@@H]2S1. The molecule has 3 aliphatic rings. The molecule has 0 amide bonds. The van der Waals surface area contributed by atoms with Crippen molar-refractivity contribution < 1.29 is 36.8 Å². The lowest BCUT2D eigenvalue weighted by atomic mass is 9.94. The molecule has 6 nitrogen and oxygen atoms in total. The third-order valence-electron chi connectivity index (χ3n) is 3.82. The Morgan fingerprint density at radius 3 is 2.52 bits per heavy atom. The number of nitrogens with one attached hydrogen (secondary N) is 1. The molecule has 0 unspecified atom stereocenters. The first-order valence-electron chi connectivity index (χ1n) is 6.93. The van der Waals surface area contributed by atoms with E-state index in [2.05, 4.69) is 15.3 Å². The van der Waals surface area contributed by atoms with E-state index in [1.54, 1.807) is 20.9 Å². The molecule has 132 valence electrons. The number of hydrogen-bond donors (Lipinski definition) is 1. The fourth-order valence-electron chi connectivity index (χ4n) is 2.97. The lowest BCUT2D eigenvalue weighted by Crippen LogP contribution is -2.60. The highest BCUT2D eigenvalue weighted by Crippen LogP contribution is 2.46. The van der Waals surface area contributed by atoms with Crippen LogP contribution < -0.4 is 5.32 Å². The molecule has 0 aromatic carbocycles. The van der Waals surface area contributed by atoms with E-state index in [9.17, 15) is 17.7 Å². The Morgan fingerprint density at radius 1 is 1.30 bits per heavy atom. The topological polar surface area (TPSA) is 61.3 Å². The highest BCUT2D eigenvalue weighted by Gasteiger charge is 2.63. The van der Waals surface area contributed by atoms with Gasteiger partial charge in [-0.1, -0.05) is 11.8 Å². The van der Waals surface area contributed by atoms with Crippen molar-refractivity contribution in [1.29, 1.82) is 0 Å². The van der Waals surface area contributed by atoms with Crippen molar-refractivity contribution in [3.05, 3.63) is 0 Å². The summed E-state index contributed by atoms with van der Waals surface area (Å²) in [6.07, 6.45) is -11.3. The van der Waals surface area contributed by atoms with Crippen LogP contribution in [0, 0.1) is 0 Å². The minimum Gasteiger partial charge on any atom is -0.368 e. The average Bonchev–Trinajstić information content (AvgIpc) is 2.97. The smallest absolute Gasteiger partial charge is 0.368 e. The van der Waals surface area contributed by atoms with E-state index in [0.717, 1.165) is 11.8 Å². The third-order valence-corrected chi connectivity index (χ3v) is 4.97. The van der Waals surface area contributed by atoms with Crippen LogP contribution in [-0.2, 0) is 19.2 Å². The van der Waals surface area contributed by atoms with Crippen molar-refractivity contribution in [1.82, 2.24) is 5.32 Å². The molecule has 0 spiro atoms. The van der Waals surface area contributed by atoms with E-state index in [1.807, 2.05) is 0 Å². The zero-order chi connectivity index (χ0) is 17.0. The molecule has 2 saturated heterocycles. The van der Waals surface area contributed by atoms with Gasteiger partial charge in [0.2, 0.25) is 6.10 Å². The van der Waals surface area contributed by atoms with Crippen molar-refractivity contribution in [3.63, 3.8) is 0 Å². The van der Waals surface area contributed by atoms with Crippen molar-refractivity contribution in [2.45, 2.75) is 61.7 Å². The molecule has 1 N–H and O–H groups in total.